The van der Waals surface area contributed by atoms with Crippen molar-refractivity contribution < 1.29 is 0 Å². The van der Waals surface area contributed by atoms with Crippen molar-refractivity contribution in [3.05, 3.63) is 35.4 Å². The lowest BCUT2D eigenvalue weighted by molar-refractivity contribution is 0.942. The van der Waals surface area contributed by atoms with Crippen LogP contribution in [0, 0.1) is 5.92 Å². The van der Waals surface area contributed by atoms with Crippen molar-refractivity contribution in [2.75, 3.05) is 0 Å². The zero-order valence-electron chi connectivity index (χ0n) is 5.34. The zero-order valence-corrected chi connectivity index (χ0v) is 6.10. The molecular weight excluding hydrogens is 132 g/mol. The molecule has 1 aliphatic rings. The third-order valence-electron chi connectivity index (χ3n) is 1.23. The van der Waals surface area contributed by atoms with Crippen molar-refractivity contribution in [1.29, 1.82) is 0 Å². The molecule has 9 heavy (non-hydrogen) atoms. The van der Waals surface area contributed by atoms with Gasteiger partial charge in [-0.25, -0.2) is 0 Å². The van der Waals surface area contributed by atoms with Crippen LogP contribution < -0.4 is 0 Å². The van der Waals surface area contributed by atoms with Crippen molar-refractivity contribution in [3.8, 4) is 0 Å². The molecule has 0 fully saturated rings. The van der Waals surface area contributed by atoms with Crippen LogP contribution in [0.1, 0.15) is 6.92 Å². The Morgan fingerprint density at radius 2 is 2.22 bits per heavy atom. The molecule has 0 radical (unpaired) electrons. The van der Waals surface area contributed by atoms with Gasteiger partial charge in [-0.15, -0.1) is 0 Å². The van der Waals surface area contributed by atoms with E-state index in [-0.39, 0.29) is 0 Å². The number of hydrogen-bond acceptors (Lipinski definition) is 0. The van der Waals surface area contributed by atoms with Gasteiger partial charge in [0.05, 0.1) is 0 Å². The normalized spacial score (nSPS) is 25.6. The first-order chi connectivity index (χ1) is 4.29. The van der Waals surface area contributed by atoms with E-state index in [1.807, 2.05) is 18.2 Å². The highest BCUT2D eigenvalue weighted by Gasteiger charge is 1.92. The molecule has 0 heterocycles. The summed E-state index contributed by atoms with van der Waals surface area (Å²) in [6.45, 7) is 2.12. The Hall–Kier alpha value is -0.490. The highest BCUT2D eigenvalue weighted by molar-refractivity contribution is 6.31. The monoisotopic (exact) mass is 140 g/mol. The van der Waals surface area contributed by atoms with Gasteiger partial charge >= 0.3 is 0 Å². The van der Waals surface area contributed by atoms with Crippen molar-refractivity contribution >= 4 is 11.6 Å². The molecule has 0 aromatic heterocycles. The van der Waals surface area contributed by atoms with Gasteiger partial charge in [-0.2, -0.15) is 0 Å². The van der Waals surface area contributed by atoms with Crippen LogP contribution in [0.25, 0.3) is 0 Å². The van der Waals surface area contributed by atoms with Gasteiger partial charge in [0, 0.05) is 5.03 Å². The molecule has 0 spiro atoms. The third kappa shape index (κ3) is 2.06. The van der Waals surface area contributed by atoms with E-state index in [0.717, 1.165) is 5.03 Å². The summed E-state index contributed by atoms with van der Waals surface area (Å²) in [4.78, 5) is 0. The quantitative estimate of drug-likeness (QED) is 0.486. The molecule has 0 aliphatic heterocycles. The fourth-order valence-electron chi connectivity index (χ4n) is 0.686. The minimum Gasteiger partial charge on any atom is -0.0844 e. The van der Waals surface area contributed by atoms with Crippen molar-refractivity contribution in [2.45, 2.75) is 6.92 Å². The molecule has 0 aromatic rings. The van der Waals surface area contributed by atoms with Gasteiger partial charge in [0.2, 0.25) is 0 Å². The molecule has 0 saturated heterocycles. The van der Waals surface area contributed by atoms with Crippen LogP contribution in [0.3, 0.4) is 0 Å². The first kappa shape index (κ1) is 6.63. The van der Waals surface area contributed by atoms with Crippen LogP contribution in [-0.4, -0.2) is 0 Å². The first-order valence-corrected chi connectivity index (χ1v) is 3.39. The lowest BCUT2D eigenvalue weighted by atomic mass is 10.2. The zero-order chi connectivity index (χ0) is 6.69. The van der Waals surface area contributed by atoms with Crippen LogP contribution in [-0.2, 0) is 0 Å². The SMILES string of the molecule is CC1C=CC=C(Cl)C=C1. The highest BCUT2D eigenvalue weighted by Crippen LogP contribution is 2.11. The van der Waals surface area contributed by atoms with E-state index in [2.05, 4.69) is 19.1 Å². The Labute approximate surface area is 60.5 Å². The topological polar surface area (TPSA) is 0 Å². The second-order valence-electron chi connectivity index (χ2n) is 2.15. The van der Waals surface area contributed by atoms with Gasteiger partial charge in [0.25, 0.3) is 0 Å². The fourth-order valence-corrected chi connectivity index (χ4v) is 0.832. The second-order valence-corrected chi connectivity index (χ2v) is 2.59. The van der Waals surface area contributed by atoms with E-state index in [4.69, 9.17) is 11.6 Å². The van der Waals surface area contributed by atoms with E-state index < -0.39 is 0 Å². The summed E-state index contributed by atoms with van der Waals surface area (Å²) in [6.07, 6.45) is 9.97. The molecule has 0 N–H and O–H groups in total. The Bertz CT molecular complexity index is 175. The van der Waals surface area contributed by atoms with E-state index in [0.29, 0.717) is 5.92 Å². The van der Waals surface area contributed by atoms with Gasteiger partial charge in [-0.3, -0.25) is 0 Å². The van der Waals surface area contributed by atoms with Crippen molar-refractivity contribution in [1.82, 2.24) is 0 Å². The van der Waals surface area contributed by atoms with E-state index in [9.17, 15) is 0 Å². The number of halogens is 1. The van der Waals surface area contributed by atoms with Gasteiger partial charge in [0.1, 0.15) is 0 Å². The molecule has 0 bridgehead atoms. The number of rotatable bonds is 0. The van der Waals surface area contributed by atoms with E-state index in [1.54, 1.807) is 0 Å². The fraction of sp³-hybridized carbons (Fsp3) is 0.250. The molecule has 48 valence electrons. The number of allylic oxidation sites excluding steroid dienone is 6. The van der Waals surface area contributed by atoms with Crippen LogP contribution in [0.5, 0.6) is 0 Å². The van der Waals surface area contributed by atoms with Crippen LogP contribution in [0.4, 0.5) is 0 Å². The minimum atomic E-state index is 0.512. The van der Waals surface area contributed by atoms with E-state index in [1.165, 1.54) is 0 Å². The second kappa shape index (κ2) is 2.88. The predicted octanol–water partition coefficient (Wildman–Crippen LogP) is 2.87. The van der Waals surface area contributed by atoms with Crippen LogP contribution >= 0.6 is 11.6 Å². The number of hydrogen-bond donors (Lipinski definition) is 0. The molecular formula is C8H9Cl. The summed E-state index contributed by atoms with van der Waals surface area (Å²) >= 11 is 5.71. The third-order valence-corrected chi connectivity index (χ3v) is 1.48. The Kier molecular flexibility index (Phi) is 2.12. The summed E-state index contributed by atoms with van der Waals surface area (Å²) in [6, 6.07) is 0. The first-order valence-electron chi connectivity index (χ1n) is 3.01. The molecule has 1 aliphatic carbocycles. The molecule has 0 nitrogen and oxygen atoms in total. The summed E-state index contributed by atoms with van der Waals surface area (Å²) in [5.74, 6) is 0.512. The van der Waals surface area contributed by atoms with E-state index >= 15 is 0 Å². The molecule has 0 saturated carbocycles. The average Bonchev–Trinajstić information content (AvgIpc) is 1.97. The molecule has 1 atom stereocenters. The largest absolute Gasteiger partial charge is 0.0844 e. The predicted molar refractivity (Wildman–Crippen MR) is 41.4 cm³/mol. The maximum atomic E-state index is 5.71. The maximum Gasteiger partial charge on any atom is 0.0402 e. The molecule has 1 heteroatoms. The van der Waals surface area contributed by atoms with Gasteiger partial charge in [-0.05, 0) is 18.1 Å². The minimum absolute atomic E-state index is 0.512. The molecule has 0 aromatic carbocycles. The summed E-state index contributed by atoms with van der Waals surface area (Å²) < 4.78 is 0. The Morgan fingerprint density at radius 3 is 3.00 bits per heavy atom. The summed E-state index contributed by atoms with van der Waals surface area (Å²) in [5, 5.41) is 0.801. The van der Waals surface area contributed by atoms with Crippen molar-refractivity contribution in [2.24, 2.45) is 5.92 Å². The molecule has 0 amide bonds. The lowest BCUT2D eigenvalue weighted by Crippen LogP contribution is -1.77. The van der Waals surface area contributed by atoms with Gasteiger partial charge in [-0.1, -0.05) is 36.8 Å². The standard InChI is InChI=1S/C8H9Cl/c1-7-3-2-4-8(9)6-5-7/h2-7H,1H3. The van der Waals surface area contributed by atoms with Crippen molar-refractivity contribution in [3.63, 3.8) is 0 Å². The van der Waals surface area contributed by atoms with Crippen LogP contribution in [0.15, 0.2) is 35.4 Å². The maximum absolute atomic E-state index is 5.71. The highest BCUT2D eigenvalue weighted by atomic mass is 35.5. The van der Waals surface area contributed by atoms with Gasteiger partial charge in [0.15, 0.2) is 0 Å². The molecule has 1 rings (SSSR count). The Balaban J connectivity index is 2.75. The Morgan fingerprint density at radius 1 is 1.44 bits per heavy atom. The van der Waals surface area contributed by atoms with Gasteiger partial charge < -0.3 is 0 Å². The smallest absolute Gasteiger partial charge is 0.0402 e. The average molecular weight is 141 g/mol. The lowest BCUT2D eigenvalue weighted by Gasteiger charge is -1.91. The summed E-state index contributed by atoms with van der Waals surface area (Å²) in [5.41, 5.74) is 0. The molecule has 1 unspecified atom stereocenters. The summed E-state index contributed by atoms with van der Waals surface area (Å²) in [7, 11) is 0. The van der Waals surface area contributed by atoms with Crippen LogP contribution in [0.2, 0.25) is 0 Å².